The van der Waals surface area contributed by atoms with Gasteiger partial charge in [-0.2, -0.15) is 0 Å². The topological polar surface area (TPSA) is 130 Å². The van der Waals surface area contributed by atoms with E-state index in [0.29, 0.717) is 38.9 Å². The molecule has 8 unspecified atom stereocenters. The predicted molar refractivity (Wildman–Crippen MR) is 188 cm³/mol. The van der Waals surface area contributed by atoms with Gasteiger partial charge in [0.15, 0.2) is 0 Å². The van der Waals surface area contributed by atoms with Crippen LogP contribution in [0.1, 0.15) is 155 Å². The maximum Gasteiger partial charge on any atom is 0.310 e. The Labute approximate surface area is 300 Å². The quantitative estimate of drug-likeness (QED) is 0.0361. The molecule has 2 saturated carbocycles. The summed E-state index contributed by atoms with van der Waals surface area (Å²) in [5.41, 5.74) is 0. The average Bonchev–Trinajstić information content (AvgIpc) is 4.05. The van der Waals surface area contributed by atoms with Crippen LogP contribution in [0.3, 0.4) is 0 Å². The monoisotopic (exact) mass is 706 g/mol. The number of carbonyl (C=O) groups is 4. The van der Waals surface area contributed by atoms with Gasteiger partial charge in [-0.25, -0.2) is 0 Å². The van der Waals surface area contributed by atoms with Crippen LogP contribution in [0.15, 0.2) is 0 Å². The van der Waals surface area contributed by atoms with Gasteiger partial charge in [0.25, 0.3) is 0 Å². The van der Waals surface area contributed by atoms with Gasteiger partial charge in [-0.1, -0.05) is 117 Å². The second kappa shape index (κ2) is 22.7. The van der Waals surface area contributed by atoms with Crippen LogP contribution in [0, 0.1) is 23.7 Å². The first-order valence-corrected chi connectivity index (χ1v) is 20.4. The van der Waals surface area contributed by atoms with Gasteiger partial charge in [0.1, 0.15) is 13.2 Å². The Hall–Kier alpha value is -2.20. The third kappa shape index (κ3) is 14.1. The number of hydrogen-bond donors (Lipinski definition) is 0. The first-order valence-electron chi connectivity index (χ1n) is 20.4. The van der Waals surface area contributed by atoms with E-state index in [1.165, 1.54) is 77.0 Å². The van der Waals surface area contributed by atoms with Crippen LogP contribution in [0.25, 0.3) is 0 Å². The standard InChI is InChI=1S/C40H66O10/c1-3-5-7-9-11-13-15-17-19-21-45-37(41)29-25-33-35(49-33)27-31(29)39(43)47-23-24-48-40(44)32-28-36-34(50-36)26-30(32)38(42)46-22-20-18-16-14-12-10-8-6-4-2/h29-36H,3-28H2,1-2H3. The highest BCUT2D eigenvalue weighted by molar-refractivity contribution is 5.83. The third-order valence-corrected chi connectivity index (χ3v) is 11.1. The van der Waals surface area contributed by atoms with E-state index in [0.717, 1.165) is 38.5 Å². The maximum atomic E-state index is 13.1. The molecule has 0 spiro atoms. The molecule has 0 radical (unpaired) electrons. The summed E-state index contributed by atoms with van der Waals surface area (Å²) in [4.78, 5) is 52.1. The molecular formula is C40H66O10. The maximum absolute atomic E-state index is 13.1. The van der Waals surface area contributed by atoms with E-state index in [1.54, 1.807) is 0 Å². The second-order valence-corrected chi connectivity index (χ2v) is 15.1. The van der Waals surface area contributed by atoms with Crippen molar-refractivity contribution < 1.29 is 47.6 Å². The molecule has 2 saturated heterocycles. The molecule has 0 aromatic heterocycles. The minimum atomic E-state index is -0.641. The summed E-state index contributed by atoms with van der Waals surface area (Å²) in [6.45, 7) is 4.92. The fourth-order valence-electron chi connectivity index (χ4n) is 7.77. The molecule has 0 bridgehead atoms. The van der Waals surface area contributed by atoms with Gasteiger partial charge < -0.3 is 28.4 Å². The van der Waals surface area contributed by atoms with Crippen molar-refractivity contribution in [3.63, 3.8) is 0 Å². The summed E-state index contributed by atoms with van der Waals surface area (Å²) < 4.78 is 33.5. The average molecular weight is 707 g/mol. The molecule has 2 aliphatic carbocycles. The molecule has 286 valence electrons. The summed E-state index contributed by atoms with van der Waals surface area (Å²) in [6.07, 6.45) is 23.0. The Morgan fingerprint density at radius 3 is 0.900 bits per heavy atom. The van der Waals surface area contributed by atoms with Crippen molar-refractivity contribution >= 4 is 23.9 Å². The number of hydrogen-bond acceptors (Lipinski definition) is 10. The lowest BCUT2D eigenvalue weighted by atomic mass is 9.79. The molecule has 0 amide bonds. The van der Waals surface area contributed by atoms with Crippen LogP contribution in [-0.2, 0) is 47.6 Å². The minimum absolute atomic E-state index is 0.000502. The molecular weight excluding hydrogens is 640 g/mol. The van der Waals surface area contributed by atoms with Gasteiger partial charge in [0.2, 0.25) is 0 Å². The van der Waals surface area contributed by atoms with E-state index in [2.05, 4.69) is 13.8 Å². The van der Waals surface area contributed by atoms with Crippen LogP contribution < -0.4 is 0 Å². The van der Waals surface area contributed by atoms with Gasteiger partial charge in [0.05, 0.1) is 61.3 Å². The van der Waals surface area contributed by atoms with Gasteiger partial charge >= 0.3 is 23.9 Å². The van der Waals surface area contributed by atoms with Gasteiger partial charge in [-0.05, 0) is 38.5 Å². The molecule has 10 heteroatoms. The zero-order chi connectivity index (χ0) is 35.6. The van der Waals surface area contributed by atoms with E-state index < -0.39 is 35.6 Å². The van der Waals surface area contributed by atoms with Crippen molar-refractivity contribution in [3.05, 3.63) is 0 Å². The molecule has 0 aromatic rings. The summed E-state index contributed by atoms with van der Waals surface area (Å²) in [5, 5.41) is 0. The number of esters is 4. The second-order valence-electron chi connectivity index (χ2n) is 15.1. The number of ether oxygens (including phenoxy) is 6. The van der Waals surface area contributed by atoms with E-state index in [-0.39, 0.29) is 49.6 Å². The van der Waals surface area contributed by atoms with Crippen LogP contribution in [0.4, 0.5) is 0 Å². The van der Waals surface area contributed by atoms with Crippen molar-refractivity contribution in [2.24, 2.45) is 23.7 Å². The molecule has 8 atom stereocenters. The zero-order valence-electron chi connectivity index (χ0n) is 31.1. The number of fused-ring (bicyclic) bond motifs is 2. The SMILES string of the molecule is CCCCCCCCCCCOC(=O)C1CC2OC2CC1C(=O)OCCOC(=O)C1CC2OC2CC1C(=O)OCCCCCCCCCCC. The lowest BCUT2D eigenvalue weighted by Gasteiger charge is -2.27. The first kappa shape index (κ1) is 40.6. The lowest BCUT2D eigenvalue weighted by molar-refractivity contribution is -0.167. The molecule has 2 heterocycles. The van der Waals surface area contributed by atoms with Crippen LogP contribution in [0.2, 0.25) is 0 Å². The Morgan fingerprint density at radius 1 is 0.380 bits per heavy atom. The van der Waals surface area contributed by atoms with Gasteiger partial charge in [-0.3, -0.25) is 19.2 Å². The summed E-state index contributed by atoms with van der Waals surface area (Å²) in [6, 6.07) is 0. The highest BCUT2D eigenvalue weighted by Crippen LogP contribution is 2.45. The van der Waals surface area contributed by atoms with E-state index in [4.69, 9.17) is 28.4 Å². The van der Waals surface area contributed by atoms with Gasteiger partial charge in [-0.15, -0.1) is 0 Å². The van der Waals surface area contributed by atoms with Crippen molar-refractivity contribution in [2.45, 2.75) is 180 Å². The molecule has 10 nitrogen and oxygen atoms in total. The van der Waals surface area contributed by atoms with E-state index >= 15 is 0 Å². The largest absolute Gasteiger partial charge is 0.465 e. The Bertz CT molecular complexity index is 952. The Kier molecular flexibility index (Phi) is 18.4. The number of rotatable bonds is 27. The first-order chi connectivity index (χ1) is 24.4. The molecule has 2 aliphatic heterocycles. The molecule has 50 heavy (non-hydrogen) atoms. The summed E-state index contributed by atoms with van der Waals surface area (Å²) in [5.74, 6) is -4.18. The molecule has 4 aliphatic rings. The van der Waals surface area contributed by atoms with Crippen LogP contribution in [-0.4, -0.2) is 74.7 Å². The normalized spacial score (nSPS) is 27.8. The highest BCUT2D eigenvalue weighted by atomic mass is 16.6. The third-order valence-electron chi connectivity index (χ3n) is 11.1. The van der Waals surface area contributed by atoms with Crippen molar-refractivity contribution in [2.75, 3.05) is 26.4 Å². The number of carbonyl (C=O) groups excluding carboxylic acids is 4. The molecule has 0 N–H and O–H groups in total. The summed E-state index contributed by atoms with van der Waals surface area (Å²) in [7, 11) is 0. The van der Waals surface area contributed by atoms with Crippen LogP contribution in [0.5, 0.6) is 0 Å². The Balaban J connectivity index is 1.10. The Morgan fingerprint density at radius 2 is 0.620 bits per heavy atom. The van der Waals surface area contributed by atoms with Crippen molar-refractivity contribution in [1.29, 1.82) is 0 Å². The fraction of sp³-hybridized carbons (Fsp3) is 0.900. The van der Waals surface area contributed by atoms with E-state index in [9.17, 15) is 19.2 Å². The lowest BCUT2D eigenvalue weighted by Crippen LogP contribution is -2.39. The zero-order valence-corrected chi connectivity index (χ0v) is 31.1. The molecule has 4 rings (SSSR count). The minimum Gasteiger partial charge on any atom is -0.465 e. The van der Waals surface area contributed by atoms with Crippen molar-refractivity contribution in [3.8, 4) is 0 Å². The number of unbranched alkanes of at least 4 members (excludes halogenated alkanes) is 16. The van der Waals surface area contributed by atoms with Crippen LogP contribution >= 0.6 is 0 Å². The highest BCUT2D eigenvalue weighted by Gasteiger charge is 2.55. The predicted octanol–water partition coefficient (Wildman–Crippen LogP) is 7.81. The molecule has 4 fully saturated rings. The summed E-state index contributed by atoms with van der Waals surface area (Å²) >= 11 is 0. The fourth-order valence-corrected chi connectivity index (χ4v) is 7.77. The van der Waals surface area contributed by atoms with Crippen molar-refractivity contribution in [1.82, 2.24) is 0 Å². The van der Waals surface area contributed by atoms with Gasteiger partial charge in [0, 0.05) is 0 Å². The number of epoxide rings is 2. The smallest absolute Gasteiger partial charge is 0.310 e. The molecule has 0 aromatic carbocycles. The van der Waals surface area contributed by atoms with E-state index in [1.807, 2.05) is 0 Å².